The Morgan fingerprint density at radius 3 is 1.78 bits per heavy atom. The fourth-order valence-corrected chi connectivity index (χ4v) is 0. The fourth-order valence-electron chi connectivity index (χ4n) is 0. The van der Waals surface area contributed by atoms with Crippen LogP contribution in [0, 0.1) is 14.4 Å². The standard InChI is InChI=1S/C3H4O2.C2H5.CH3.Zn/c1-2-3(4)5;1-2;;/h2H,1H2,(H,4,5);1H2,2H3;1H3;/q;2*-1;+2. The third kappa shape index (κ3) is 79.3. The zero-order chi connectivity index (χ0) is 6.28. The van der Waals surface area contributed by atoms with E-state index in [0.29, 0.717) is 0 Å². The maximum Gasteiger partial charge on any atom is 2.00 e. The van der Waals surface area contributed by atoms with E-state index in [1.807, 2.05) is 0 Å². The minimum absolute atomic E-state index is 0. The summed E-state index contributed by atoms with van der Waals surface area (Å²) in [5.74, 6) is -0.981. The fraction of sp³-hybridized carbons (Fsp3) is 0.167. The molecule has 0 aromatic carbocycles. The van der Waals surface area contributed by atoms with Gasteiger partial charge in [0.15, 0.2) is 0 Å². The van der Waals surface area contributed by atoms with Crippen molar-refractivity contribution in [1.82, 2.24) is 0 Å². The van der Waals surface area contributed by atoms with Gasteiger partial charge in [0, 0.05) is 6.08 Å². The SMILES string of the molecule is C=CC(=O)O.[CH2-]C.[CH3-].[Zn+2]. The molecular formula is C6H12O2Zn. The van der Waals surface area contributed by atoms with Crippen molar-refractivity contribution in [2.45, 2.75) is 6.92 Å². The van der Waals surface area contributed by atoms with Gasteiger partial charge in [-0.2, -0.15) is 6.92 Å². The normalized spacial score (nSPS) is 4.22. The van der Waals surface area contributed by atoms with Crippen molar-refractivity contribution >= 4 is 5.97 Å². The summed E-state index contributed by atoms with van der Waals surface area (Å²) in [5.41, 5.74) is 0. The molecule has 0 spiro atoms. The molecule has 0 aliphatic heterocycles. The van der Waals surface area contributed by atoms with Crippen molar-refractivity contribution in [3.8, 4) is 0 Å². The Hall–Kier alpha value is -0.167. The molecule has 0 saturated carbocycles. The summed E-state index contributed by atoms with van der Waals surface area (Å²) in [6.07, 6.45) is 0.833. The van der Waals surface area contributed by atoms with E-state index < -0.39 is 5.97 Å². The molecule has 1 N–H and O–H groups in total. The molecule has 0 radical (unpaired) electrons. The summed E-state index contributed by atoms with van der Waals surface area (Å²) in [5, 5.41) is 7.60. The van der Waals surface area contributed by atoms with Gasteiger partial charge in [-0.1, -0.05) is 6.58 Å². The number of aliphatic carboxylic acids is 1. The van der Waals surface area contributed by atoms with Crippen molar-refractivity contribution in [3.63, 3.8) is 0 Å². The maximum absolute atomic E-state index is 9.25. The Labute approximate surface area is 69.7 Å². The second-order valence-corrected chi connectivity index (χ2v) is 0.542. The first-order valence-corrected chi connectivity index (χ1v) is 1.83. The smallest absolute Gasteiger partial charge is 0.478 e. The van der Waals surface area contributed by atoms with Gasteiger partial charge in [0.1, 0.15) is 0 Å². The van der Waals surface area contributed by atoms with Crippen LogP contribution >= 0.6 is 0 Å². The Bertz CT molecular complexity index is 62.1. The van der Waals surface area contributed by atoms with Gasteiger partial charge in [-0.15, -0.1) is 0 Å². The first kappa shape index (κ1) is 23.2. The van der Waals surface area contributed by atoms with Crippen molar-refractivity contribution in [3.05, 3.63) is 27.0 Å². The molecular weight excluding hydrogens is 169 g/mol. The predicted molar refractivity (Wildman–Crippen MR) is 35.3 cm³/mol. The van der Waals surface area contributed by atoms with Crippen LogP contribution in [0.4, 0.5) is 0 Å². The van der Waals surface area contributed by atoms with Gasteiger partial charge in [-0.25, -0.2) is 4.79 Å². The summed E-state index contributed by atoms with van der Waals surface area (Å²) >= 11 is 0. The molecule has 0 heterocycles. The number of carboxylic acids is 1. The minimum Gasteiger partial charge on any atom is -0.478 e. The molecule has 2 nitrogen and oxygen atoms in total. The van der Waals surface area contributed by atoms with Crippen LogP contribution in [0.1, 0.15) is 6.92 Å². The molecule has 0 rings (SSSR count). The summed E-state index contributed by atoms with van der Waals surface area (Å²) < 4.78 is 0. The van der Waals surface area contributed by atoms with Crippen LogP contribution in [0.25, 0.3) is 0 Å². The summed E-state index contributed by atoms with van der Waals surface area (Å²) in [7, 11) is 0. The molecule has 9 heavy (non-hydrogen) atoms. The predicted octanol–water partition coefficient (Wildman–Crippen LogP) is 1.55. The van der Waals surface area contributed by atoms with E-state index in [4.69, 9.17) is 5.11 Å². The van der Waals surface area contributed by atoms with E-state index in [2.05, 4.69) is 13.5 Å². The summed E-state index contributed by atoms with van der Waals surface area (Å²) in [6, 6.07) is 0. The third-order valence-corrected chi connectivity index (χ3v) is 0.175. The van der Waals surface area contributed by atoms with Crippen LogP contribution in [0.15, 0.2) is 12.7 Å². The zero-order valence-electron chi connectivity index (χ0n) is 6.05. The molecule has 0 bridgehead atoms. The molecule has 3 heteroatoms. The first-order valence-electron chi connectivity index (χ1n) is 1.83. The monoisotopic (exact) mass is 180 g/mol. The number of carbonyl (C=O) groups is 1. The van der Waals surface area contributed by atoms with E-state index in [1.54, 1.807) is 6.92 Å². The molecule has 0 aliphatic carbocycles. The quantitative estimate of drug-likeness (QED) is 0.379. The Balaban J connectivity index is -0.0000000286. The Morgan fingerprint density at radius 2 is 1.78 bits per heavy atom. The van der Waals surface area contributed by atoms with Gasteiger partial charge in [0.2, 0.25) is 0 Å². The number of hydrogen-bond donors (Lipinski definition) is 1. The van der Waals surface area contributed by atoms with Gasteiger partial charge < -0.3 is 19.5 Å². The molecule has 0 aromatic heterocycles. The zero-order valence-corrected chi connectivity index (χ0v) is 9.02. The van der Waals surface area contributed by atoms with Crippen molar-refractivity contribution < 1.29 is 29.4 Å². The van der Waals surface area contributed by atoms with E-state index >= 15 is 0 Å². The van der Waals surface area contributed by atoms with Gasteiger partial charge in [-0.05, 0) is 0 Å². The Kier molecular flexibility index (Phi) is 64.2. The van der Waals surface area contributed by atoms with E-state index in [9.17, 15) is 4.79 Å². The van der Waals surface area contributed by atoms with Crippen LogP contribution in [0.2, 0.25) is 0 Å². The van der Waals surface area contributed by atoms with Crippen LogP contribution < -0.4 is 0 Å². The summed E-state index contributed by atoms with van der Waals surface area (Å²) in [6.45, 7) is 7.96. The molecule has 50 valence electrons. The minimum atomic E-state index is -0.981. The van der Waals surface area contributed by atoms with Crippen LogP contribution in [-0.2, 0) is 24.3 Å². The number of rotatable bonds is 1. The number of carboxylic acid groups (broad SMARTS) is 1. The second-order valence-electron chi connectivity index (χ2n) is 0.542. The largest absolute Gasteiger partial charge is 2.00 e. The van der Waals surface area contributed by atoms with Gasteiger partial charge in [0.05, 0.1) is 0 Å². The van der Waals surface area contributed by atoms with E-state index in [1.165, 1.54) is 0 Å². The van der Waals surface area contributed by atoms with E-state index in [-0.39, 0.29) is 26.9 Å². The molecule has 0 unspecified atom stereocenters. The van der Waals surface area contributed by atoms with Crippen molar-refractivity contribution in [1.29, 1.82) is 0 Å². The molecule has 0 atom stereocenters. The van der Waals surface area contributed by atoms with Crippen LogP contribution in [0.3, 0.4) is 0 Å². The van der Waals surface area contributed by atoms with Gasteiger partial charge >= 0.3 is 25.4 Å². The average Bonchev–Trinajstić information content (AvgIpc) is 1.73. The molecule has 0 aliphatic rings. The van der Waals surface area contributed by atoms with Crippen molar-refractivity contribution in [2.75, 3.05) is 0 Å². The van der Waals surface area contributed by atoms with Crippen molar-refractivity contribution in [2.24, 2.45) is 0 Å². The second kappa shape index (κ2) is 24.9. The van der Waals surface area contributed by atoms with E-state index in [0.717, 1.165) is 6.08 Å². The number of hydrogen-bond acceptors (Lipinski definition) is 1. The topological polar surface area (TPSA) is 37.3 Å². The molecule has 0 aromatic rings. The average molecular weight is 182 g/mol. The molecule has 0 amide bonds. The van der Waals surface area contributed by atoms with Crippen LogP contribution in [0.5, 0.6) is 0 Å². The van der Waals surface area contributed by atoms with Gasteiger partial charge in [-0.3, -0.25) is 0 Å². The first-order chi connectivity index (χ1) is 3.27. The third-order valence-electron chi connectivity index (χ3n) is 0.175. The van der Waals surface area contributed by atoms with Crippen LogP contribution in [-0.4, -0.2) is 11.1 Å². The maximum atomic E-state index is 9.25. The Morgan fingerprint density at radius 1 is 1.67 bits per heavy atom. The summed E-state index contributed by atoms with van der Waals surface area (Å²) in [4.78, 5) is 9.25. The van der Waals surface area contributed by atoms with Gasteiger partial charge in [0.25, 0.3) is 0 Å². The molecule has 0 saturated heterocycles. The molecule has 0 fully saturated rings.